The van der Waals surface area contributed by atoms with E-state index in [0.717, 1.165) is 19.5 Å². The van der Waals surface area contributed by atoms with E-state index < -0.39 is 5.92 Å². The summed E-state index contributed by atoms with van der Waals surface area (Å²) in [5.41, 5.74) is 5.47. The van der Waals surface area contributed by atoms with Crippen LogP contribution in [0.4, 0.5) is 0 Å². The topological polar surface area (TPSA) is 91.0 Å². The van der Waals surface area contributed by atoms with Gasteiger partial charge in [0.15, 0.2) is 5.84 Å². The highest BCUT2D eigenvalue weighted by Crippen LogP contribution is 2.13. The average Bonchev–Trinajstić information content (AvgIpc) is 2.73. The zero-order chi connectivity index (χ0) is 12.8. The van der Waals surface area contributed by atoms with Crippen LogP contribution in [-0.4, -0.2) is 48.5 Å². The molecular weight excluding hydrogens is 220 g/mol. The van der Waals surface area contributed by atoms with E-state index in [0.29, 0.717) is 18.9 Å². The number of carbonyl (C=O) groups excluding carboxylic acids is 1. The van der Waals surface area contributed by atoms with Gasteiger partial charge in [0.05, 0.1) is 5.92 Å². The van der Waals surface area contributed by atoms with Gasteiger partial charge >= 0.3 is 0 Å². The molecule has 2 unspecified atom stereocenters. The first kappa shape index (κ1) is 13.8. The lowest BCUT2D eigenvalue weighted by Crippen LogP contribution is -2.40. The number of oxime groups is 1. The molecule has 1 saturated heterocycles. The molecule has 98 valence electrons. The normalized spacial score (nSPS) is 23.6. The Morgan fingerprint density at radius 3 is 2.88 bits per heavy atom. The van der Waals surface area contributed by atoms with Crippen molar-refractivity contribution in [2.45, 2.75) is 19.8 Å². The van der Waals surface area contributed by atoms with E-state index in [-0.39, 0.29) is 11.7 Å². The van der Waals surface area contributed by atoms with E-state index >= 15 is 0 Å². The minimum atomic E-state index is -0.529. The van der Waals surface area contributed by atoms with Crippen LogP contribution in [0.25, 0.3) is 0 Å². The van der Waals surface area contributed by atoms with Crippen LogP contribution in [0.1, 0.15) is 19.8 Å². The highest BCUT2D eigenvalue weighted by atomic mass is 16.4. The molecule has 0 saturated carbocycles. The van der Waals surface area contributed by atoms with Gasteiger partial charge in [0.25, 0.3) is 0 Å². The van der Waals surface area contributed by atoms with E-state index in [2.05, 4.69) is 22.4 Å². The second-order valence-electron chi connectivity index (χ2n) is 4.65. The van der Waals surface area contributed by atoms with Crippen LogP contribution in [0.3, 0.4) is 0 Å². The lowest BCUT2D eigenvalue weighted by Gasteiger charge is -2.16. The lowest BCUT2D eigenvalue weighted by molar-refractivity contribution is -0.123. The Kier molecular flexibility index (Phi) is 5.21. The second kappa shape index (κ2) is 6.44. The minimum absolute atomic E-state index is 0.0199. The Labute approximate surface area is 102 Å². The molecule has 1 rings (SSSR count). The summed E-state index contributed by atoms with van der Waals surface area (Å²) in [5, 5.41) is 14.3. The molecule has 0 aliphatic carbocycles. The number of nitrogens with two attached hydrogens (primary N) is 1. The monoisotopic (exact) mass is 242 g/mol. The fourth-order valence-corrected chi connectivity index (χ4v) is 2.16. The summed E-state index contributed by atoms with van der Waals surface area (Å²) in [7, 11) is 2.08. The van der Waals surface area contributed by atoms with Crippen molar-refractivity contribution in [1.29, 1.82) is 0 Å². The number of rotatable bonds is 5. The molecule has 6 heteroatoms. The smallest absolute Gasteiger partial charge is 0.230 e. The number of amidine groups is 1. The molecule has 4 N–H and O–H groups in total. The maximum Gasteiger partial charge on any atom is 0.230 e. The number of hydrogen-bond acceptors (Lipinski definition) is 4. The van der Waals surface area contributed by atoms with Crippen molar-refractivity contribution in [3.63, 3.8) is 0 Å². The van der Waals surface area contributed by atoms with Crippen LogP contribution < -0.4 is 11.1 Å². The van der Waals surface area contributed by atoms with Crippen molar-refractivity contribution >= 4 is 11.7 Å². The van der Waals surface area contributed by atoms with Gasteiger partial charge in [-0.25, -0.2) is 0 Å². The number of amides is 1. The van der Waals surface area contributed by atoms with E-state index in [1.807, 2.05) is 6.92 Å². The first-order valence-corrected chi connectivity index (χ1v) is 6.02. The predicted octanol–water partition coefficient (Wildman–Crippen LogP) is -0.173. The quantitative estimate of drug-likeness (QED) is 0.270. The summed E-state index contributed by atoms with van der Waals surface area (Å²) in [6.07, 6.45) is 1.64. The van der Waals surface area contributed by atoms with Crippen molar-refractivity contribution in [2.24, 2.45) is 22.7 Å². The second-order valence-corrected chi connectivity index (χ2v) is 4.65. The van der Waals surface area contributed by atoms with Crippen LogP contribution in [-0.2, 0) is 4.79 Å². The number of nitrogens with zero attached hydrogens (tertiary/aromatic N) is 2. The Morgan fingerprint density at radius 1 is 1.71 bits per heavy atom. The standard InChI is InChI=1S/C11H22N4O2/c1-3-9(10(12)14-17)11(16)13-6-8-4-5-15(2)7-8/h8-9,17H,3-7H2,1-2H3,(H2,12,14)(H,13,16). The number of hydrogen-bond donors (Lipinski definition) is 3. The fraction of sp³-hybridized carbons (Fsp3) is 0.818. The molecule has 6 nitrogen and oxygen atoms in total. The molecule has 1 heterocycles. The molecule has 0 aromatic carbocycles. The summed E-state index contributed by atoms with van der Waals surface area (Å²) < 4.78 is 0. The van der Waals surface area contributed by atoms with Gasteiger partial charge in [-0.05, 0) is 32.4 Å². The van der Waals surface area contributed by atoms with E-state index in [1.54, 1.807) is 0 Å². The molecule has 1 aliphatic rings. The van der Waals surface area contributed by atoms with Crippen LogP contribution >= 0.6 is 0 Å². The van der Waals surface area contributed by atoms with Crippen LogP contribution in [0.15, 0.2) is 5.16 Å². The van der Waals surface area contributed by atoms with E-state index in [4.69, 9.17) is 10.9 Å². The Bertz CT molecular complexity index is 293. The minimum Gasteiger partial charge on any atom is -0.409 e. The van der Waals surface area contributed by atoms with Crippen molar-refractivity contribution in [3.8, 4) is 0 Å². The van der Waals surface area contributed by atoms with Crippen LogP contribution in [0.5, 0.6) is 0 Å². The first-order valence-electron chi connectivity index (χ1n) is 6.02. The molecule has 0 aromatic rings. The average molecular weight is 242 g/mol. The van der Waals surface area contributed by atoms with Crippen molar-refractivity contribution in [2.75, 3.05) is 26.7 Å². The summed E-state index contributed by atoms with van der Waals surface area (Å²) in [6, 6.07) is 0. The molecule has 0 aromatic heterocycles. The Balaban J connectivity index is 2.37. The zero-order valence-corrected chi connectivity index (χ0v) is 10.5. The molecule has 1 amide bonds. The maximum absolute atomic E-state index is 11.8. The van der Waals surface area contributed by atoms with Crippen LogP contribution in [0.2, 0.25) is 0 Å². The number of carbonyl (C=O) groups is 1. The third-order valence-electron chi connectivity index (χ3n) is 3.25. The molecule has 2 atom stereocenters. The highest BCUT2D eigenvalue weighted by molar-refractivity contribution is 6.01. The molecule has 17 heavy (non-hydrogen) atoms. The predicted molar refractivity (Wildman–Crippen MR) is 65.8 cm³/mol. The molecule has 0 bridgehead atoms. The highest BCUT2D eigenvalue weighted by Gasteiger charge is 2.24. The van der Waals surface area contributed by atoms with E-state index in [1.165, 1.54) is 0 Å². The van der Waals surface area contributed by atoms with Gasteiger partial charge in [-0.3, -0.25) is 4.79 Å². The van der Waals surface area contributed by atoms with E-state index in [9.17, 15) is 4.79 Å². The van der Waals surface area contributed by atoms with Crippen molar-refractivity contribution in [1.82, 2.24) is 10.2 Å². The lowest BCUT2D eigenvalue weighted by atomic mass is 10.0. The molecule has 1 aliphatic heterocycles. The van der Waals surface area contributed by atoms with Crippen molar-refractivity contribution in [3.05, 3.63) is 0 Å². The summed E-state index contributed by atoms with van der Waals surface area (Å²) in [6.45, 7) is 4.60. The summed E-state index contributed by atoms with van der Waals surface area (Å²) >= 11 is 0. The summed E-state index contributed by atoms with van der Waals surface area (Å²) in [4.78, 5) is 14.1. The van der Waals surface area contributed by atoms with Gasteiger partial charge in [0.1, 0.15) is 0 Å². The number of likely N-dealkylation sites (tertiary alicyclic amines) is 1. The fourth-order valence-electron chi connectivity index (χ4n) is 2.16. The van der Waals surface area contributed by atoms with Gasteiger partial charge < -0.3 is 21.2 Å². The van der Waals surface area contributed by atoms with Gasteiger partial charge in [0.2, 0.25) is 5.91 Å². The molecule has 1 fully saturated rings. The zero-order valence-electron chi connectivity index (χ0n) is 10.5. The maximum atomic E-state index is 11.8. The molecule has 0 radical (unpaired) electrons. The van der Waals surface area contributed by atoms with Crippen LogP contribution in [0, 0.1) is 11.8 Å². The Morgan fingerprint density at radius 2 is 2.41 bits per heavy atom. The third-order valence-corrected chi connectivity index (χ3v) is 3.25. The number of nitrogens with one attached hydrogen (secondary N) is 1. The SMILES string of the molecule is CCC(C(=O)NCC1CCN(C)C1)C(N)=NO. The first-order chi connectivity index (χ1) is 8.08. The largest absolute Gasteiger partial charge is 0.409 e. The third kappa shape index (κ3) is 3.89. The molecular formula is C11H22N4O2. The van der Waals surface area contributed by atoms with Gasteiger partial charge in [-0.2, -0.15) is 0 Å². The summed E-state index contributed by atoms with van der Waals surface area (Å²) in [5.74, 6) is -0.196. The van der Waals surface area contributed by atoms with Crippen molar-refractivity contribution < 1.29 is 10.0 Å². The molecule has 0 spiro atoms. The Hall–Kier alpha value is -1.30. The van der Waals surface area contributed by atoms with Gasteiger partial charge in [0, 0.05) is 13.1 Å². The van der Waals surface area contributed by atoms with Gasteiger partial charge in [-0.1, -0.05) is 12.1 Å². The van der Waals surface area contributed by atoms with Gasteiger partial charge in [-0.15, -0.1) is 0 Å².